The van der Waals surface area contributed by atoms with Crippen LogP contribution in [0.25, 0.3) is 0 Å². The number of rotatable bonds is 3. The number of aryl methyl sites for hydroxylation is 2. The van der Waals surface area contributed by atoms with Gasteiger partial charge in [0.2, 0.25) is 5.91 Å². The lowest BCUT2D eigenvalue weighted by atomic mass is 9.98. The molecule has 0 saturated carbocycles. The number of hydrogen-bond acceptors (Lipinski definition) is 3. The first-order valence-corrected chi connectivity index (χ1v) is 6.37. The zero-order valence-corrected chi connectivity index (χ0v) is 10.9. The largest absolute Gasteiger partial charge is 0.481 e. The van der Waals surface area contributed by atoms with Crippen LogP contribution in [0.2, 0.25) is 0 Å². The van der Waals surface area contributed by atoms with Gasteiger partial charge in [-0.3, -0.25) is 9.59 Å². The van der Waals surface area contributed by atoms with Crippen LogP contribution in [0.1, 0.15) is 24.0 Å². The van der Waals surface area contributed by atoms with Crippen LogP contribution in [0.15, 0.2) is 18.2 Å². The van der Waals surface area contributed by atoms with Crippen molar-refractivity contribution >= 4 is 17.6 Å². The van der Waals surface area contributed by atoms with Crippen molar-refractivity contribution in [2.24, 2.45) is 5.73 Å². The highest BCUT2D eigenvalue weighted by atomic mass is 16.4. The average Bonchev–Trinajstić information content (AvgIpc) is 2.36. The number of carbonyl (C=O) groups excluding carboxylic acids is 1. The molecule has 1 amide bonds. The predicted octanol–water partition coefficient (Wildman–Crippen LogP) is 1.08. The van der Waals surface area contributed by atoms with Crippen molar-refractivity contribution in [1.29, 1.82) is 0 Å². The molecule has 0 spiro atoms. The molecular formula is C14H18N2O3. The van der Waals surface area contributed by atoms with E-state index < -0.39 is 12.0 Å². The minimum absolute atomic E-state index is 0.313. The van der Waals surface area contributed by atoms with Crippen molar-refractivity contribution < 1.29 is 14.7 Å². The molecule has 1 aliphatic heterocycles. The third-order valence-electron chi connectivity index (χ3n) is 3.33. The van der Waals surface area contributed by atoms with Gasteiger partial charge in [-0.25, -0.2) is 0 Å². The van der Waals surface area contributed by atoms with E-state index in [2.05, 4.69) is 6.07 Å². The molecule has 5 heteroatoms. The Morgan fingerprint density at radius 3 is 2.89 bits per heavy atom. The summed E-state index contributed by atoms with van der Waals surface area (Å²) >= 11 is 0. The van der Waals surface area contributed by atoms with Crippen molar-refractivity contribution in [1.82, 2.24) is 0 Å². The number of fused-ring (bicyclic) bond motifs is 1. The van der Waals surface area contributed by atoms with Gasteiger partial charge in [-0.05, 0) is 31.4 Å². The Bertz CT molecular complexity index is 513. The lowest BCUT2D eigenvalue weighted by Gasteiger charge is -2.31. The summed E-state index contributed by atoms with van der Waals surface area (Å²) < 4.78 is 0. The van der Waals surface area contributed by atoms with Gasteiger partial charge >= 0.3 is 5.97 Å². The number of carboxylic acids is 1. The monoisotopic (exact) mass is 262 g/mol. The molecule has 1 aromatic rings. The highest BCUT2D eigenvalue weighted by molar-refractivity contribution is 5.99. The van der Waals surface area contributed by atoms with E-state index in [9.17, 15) is 9.59 Å². The minimum Gasteiger partial charge on any atom is -0.481 e. The Kier molecular flexibility index (Phi) is 3.85. The molecule has 0 bridgehead atoms. The molecule has 0 aromatic heterocycles. The third kappa shape index (κ3) is 2.93. The Morgan fingerprint density at radius 2 is 2.21 bits per heavy atom. The molecule has 3 N–H and O–H groups in total. The van der Waals surface area contributed by atoms with Crippen LogP contribution in [0, 0.1) is 6.92 Å². The minimum atomic E-state index is -1.05. The summed E-state index contributed by atoms with van der Waals surface area (Å²) in [6, 6.07) is 4.95. The van der Waals surface area contributed by atoms with Gasteiger partial charge in [0.05, 0.1) is 12.5 Å². The Hall–Kier alpha value is -1.88. The average molecular weight is 262 g/mol. The quantitative estimate of drug-likeness (QED) is 0.853. The number of nitrogens with two attached hydrogens (primary N) is 1. The van der Waals surface area contributed by atoms with E-state index in [1.807, 2.05) is 19.1 Å². The van der Waals surface area contributed by atoms with Crippen LogP contribution in [-0.4, -0.2) is 29.6 Å². The molecule has 1 atom stereocenters. The van der Waals surface area contributed by atoms with E-state index in [0.29, 0.717) is 6.54 Å². The highest BCUT2D eigenvalue weighted by Crippen LogP contribution is 2.28. The number of anilines is 1. The van der Waals surface area contributed by atoms with Gasteiger partial charge in [-0.15, -0.1) is 0 Å². The Morgan fingerprint density at radius 1 is 1.47 bits per heavy atom. The summed E-state index contributed by atoms with van der Waals surface area (Å²) in [5.41, 5.74) is 8.81. The van der Waals surface area contributed by atoms with Crippen molar-refractivity contribution in [3.8, 4) is 0 Å². The molecule has 102 valence electrons. The maximum Gasteiger partial charge on any atom is 0.305 e. The van der Waals surface area contributed by atoms with Crippen molar-refractivity contribution in [2.45, 2.75) is 32.2 Å². The van der Waals surface area contributed by atoms with Gasteiger partial charge in [0.1, 0.15) is 0 Å². The first kappa shape index (κ1) is 13.5. The second-order valence-corrected chi connectivity index (χ2v) is 4.93. The summed E-state index contributed by atoms with van der Waals surface area (Å²) in [6.07, 6.45) is 1.48. The van der Waals surface area contributed by atoms with E-state index in [1.165, 1.54) is 0 Å². The van der Waals surface area contributed by atoms with Crippen LogP contribution >= 0.6 is 0 Å². The molecular weight excluding hydrogens is 244 g/mol. The number of hydrogen-bond donors (Lipinski definition) is 2. The first-order chi connectivity index (χ1) is 8.99. The first-order valence-electron chi connectivity index (χ1n) is 6.37. The molecule has 19 heavy (non-hydrogen) atoms. The van der Waals surface area contributed by atoms with Crippen LogP contribution in [0.4, 0.5) is 5.69 Å². The molecule has 1 unspecified atom stereocenters. The van der Waals surface area contributed by atoms with Crippen molar-refractivity contribution in [3.63, 3.8) is 0 Å². The van der Waals surface area contributed by atoms with Crippen molar-refractivity contribution in [3.05, 3.63) is 29.3 Å². The molecule has 2 rings (SSSR count). The lowest BCUT2D eigenvalue weighted by Crippen LogP contribution is -2.46. The number of carbonyl (C=O) groups is 2. The van der Waals surface area contributed by atoms with Gasteiger partial charge in [0, 0.05) is 12.2 Å². The van der Waals surface area contributed by atoms with E-state index in [-0.39, 0.29) is 12.3 Å². The molecule has 1 aromatic carbocycles. The van der Waals surface area contributed by atoms with E-state index in [1.54, 1.807) is 4.90 Å². The van der Waals surface area contributed by atoms with Crippen LogP contribution < -0.4 is 10.6 Å². The maximum absolute atomic E-state index is 12.2. The molecule has 1 heterocycles. The number of carboxylic acid groups (broad SMARTS) is 1. The van der Waals surface area contributed by atoms with Gasteiger partial charge in [-0.2, -0.15) is 0 Å². The SMILES string of the molecule is Cc1ccc2c(c1)CCCN2C(=O)C(N)CC(=O)O. The molecule has 0 saturated heterocycles. The molecule has 1 aliphatic rings. The summed E-state index contributed by atoms with van der Waals surface area (Å²) in [4.78, 5) is 24.5. The molecule has 0 radical (unpaired) electrons. The fourth-order valence-corrected chi connectivity index (χ4v) is 2.43. The molecule has 5 nitrogen and oxygen atoms in total. The zero-order chi connectivity index (χ0) is 14.0. The van der Waals surface area contributed by atoms with Gasteiger partial charge < -0.3 is 15.7 Å². The van der Waals surface area contributed by atoms with Crippen LogP contribution in [0.3, 0.4) is 0 Å². The number of amides is 1. The highest BCUT2D eigenvalue weighted by Gasteiger charge is 2.27. The standard InChI is InChI=1S/C14H18N2O3/c1-9-4-5-12-10(7-9)3-2-6-16(12)14(19)11(15)8-13(17)18/h4-5,7,11H,2-3,6,8,15H2,1H3,(H,17,18). The number of benzene rings is 1. The fraction of sp³-hybridized carbons (Fsp3) is 0.429. The topological polar surface area (TPSA) is 83.6 Å². The second-order valence-electron chi connectivity index (χ2n) is 4.93. The zero-order valence-electron chi connectivity index (χ0n) is 10.9. The normalized spacial score (nSPS) is 15.8. The third-order valence-corrected chi connectivity index (χ3v) is 3.33. The van der Waals surface area contributed by atoms with Gasteiger partial charge in [-0.1, -0.05) is 17.7 Å². The predicted molar refractivity (Wildman–Crippen MR) is 72.1 cm³/mol. The van der Waals surface area contributed by atoms with Crippen LogP contribution in [0.5, 0.6) is 0 Å². The summed E-state index contributed by atoms with van der Waals surface area (Å²) in [5.74, 6) is -1.37. The number of nitrogens with zero attached hydrogens (tertiary/aromatic N) is 1. The van der Waals surface area contributed by atoms with Gasteiger partial charge in [0.15, 0.2) is 0 Å². The smallest absolute Gasteiger partial charge is 0.305 e. The number of aliphatic carboxylic acids is 1. The summed E-state index contributed by atoms with van der Waals surface area (Å²) in [7, 11) is 0. The summed E-state index contributed by atoms with van der Waals surface area (Å²) in [6.45, 7) is 2.61. The Labute approximate surface area is 112 Å². The van der Waals surface area contributed by atoms with E-state index in [0.717, 1.165) is 29.7 Å². The Balaban J connectivity index is 2.23. The second kappa shape index (κ2) is 5.40. The van der Waals surface area contributed by atoms with Crippen molar-refractivity contribution in [2.75, 3.05) is 11.4 Å². The molecule has 0 aliphatic carbocycles. The maximum atomic E-state index is 12.2. The van der Waals surface area contributed by atoms with Gasteiger partial charge in [0.25, 0.3) is 0 Å². The summed E-state index contributed by atoms with van der Waals surface area (Å²) in [5, 5.41) is 8.71. The van der Waals surface area contributed by atoms with Crippen LogP contribution in [-0.2, 0) is 16.0 Å². The fourth-order valence-electron chi connectivity index (χ4n) is 2.43. The lowest BCUT2D eigenvalue weighted by molar-refractivity contribution is -0.139. The van der Waals surface area contributed by atoms with E-state index >= 15 is 0 Å². The molecule has 0 fully saturated rings. The van der Waals surface area contributed by atoms with E-state index in [4.69, 9.17) is 10.8 Å².